The molecular formula is C16H20N3NaO2. The molecule has 0 aliphatic carbocycles. The maximum atomic E-state index is 10.8. The first-order valence-electron chi connectivity index (χ1n) is 7.07. The predicted octanol–water partition coefficient (Wildman–Crippen LogP) is -2.32. The summed E-state index contributed by atoms with van der Waals surface area (Å²) >= 11 is 0. The molecule has 1 fully saturated rings. The van der Waals surface area contributed by atoms with Crippen molar-refractivity contribution < 1.29 is 39.4 Å². The molecule has 1 aliphatic rings. The summed E-state index contributed by atoms with van der Waals surface area (Å²) in [6, 6.07) is 9.52. The number of anilines is 1. The van der Waals surface area contributed by atoms with Crippen LogP contribution in [0.3, 0.4) is 0 Å². The van der Waals surface area contributed by atoms with E-state index in [0.29, 0.717) is 11.8 Å². The third-order valence-corrected chi connectivity index (χ3v) is 3.77. The second-order valence-electron chi connectivity index (χ2n) is 5.01. The van der Waals surface area contributed by atoms with Crippen LogP contribution in [0.2, 0.25) is 0 Å². The van der Waals surface area contributed by atoms with Crippen LogP contribution in [0.4, 0.5) is 5.69 Å². The number of hydrogen-bond donors (Lipinski definition) is 0. The quantitative estimate of drug-likeness (QED) is 0.347. The van der Waals surface area contributed by atoms with Gasteiger partial charge >= 0.3 is 29.6 Å². The Morgan fingerprint density at radius 3 is 2.41 bits per heavy atom. The summed E-state index contributed by atoms with van der Waals surface area (Å²) < 4.78 is 5.10. The van der Waals surface area contributed by atoms with Crippen molar-refractivity contribution in [2.24, 2.45) is 0 Å². The summed E-state index contributed by atoms with van der Waals surface area (Å²) in [5, 5.41) is 19.6. The van der Waals surface area contributed by atoms with E-state index < -0.39 is 0 Å². The maximum absolute atomic E-state index is 10.8. The number of nitriles is 1. The van der Waals surface area contributed by atoms with Crippen LogP contribution in [0.25, 0.3) is 5.57 Å². The normalized spacial score (nSPS) is 16.0. The van der Waals surface area contributed by atoms with Crippen LogP contribution in [0.1, 0.15) is 5.56 Å². The largest absolute Gasteiger partial charge is 1.00 e. The van der Waals surface area contributed by atoms with Crippen LogP contribution < -0.4 is 39.6 Å². The van der Waals surface area contributed by atoms with Crippen molar-refractivity contribution in [3.63, 3.8) is 0 Å². The molecule has 22 heavy (non-hydrogen) atoms. The number of rotatable bonds is 5. The minimum absolute atomic E-state index is 0. The molecular weight excluding hydrogens is 289 g/mol. The predicted molar refractivity (Wildman–Crippen MR) is 80.6 cm³/mol. The van der Waals surface area contributed by atoms with E-state index in [1.807, 2.05) is 30.3 Å². The molecule has 1 saturated heterocycles. The Balaban J connectivity index is 0.00000242. The third kappa shape index (κ3) is 5.01. The molecule has 6 heteroatoms. The van der Waals surface area contributed by atoms with Crippen molar-refractivity contribution in [2.45, 2.75) is 0 Å². The fraction of sp³-hybridized carbons (Fsp3) is 0.438. The van der Waals surface area contributed by atoms with Crippen molar-refractivity contribution in [3.05, 3.63) is 36.1 Å². The molecule has 0 radical (unpaired) electrons. The van der Waals surface area contributed by atoms with Gasteiger partial charge in [-0.3, -0.25) is 4.90 Å². The van der Waals surface area contributed by atoms with E-state index in [1.54, 1.807) is 7.11 Å². The Bertz CT molecular complexity index is 517. The Hall–Kier alpha value is -1.03. The van der Waals surface area contributed by atoms with E-state index in [-0.39, 0.29) is 35.1 Å². The number of piperazine rings is 1. The van der Waals surface area contributed by atoms with Crippen molar-refractivity contribution in [1.82, 2.24) is 4.90 Å². The molecule has 1 heterocycles. The maximum Gasteiger partial charge on any atom is 1.00 e. The minimum Gasteiger partial charge on any atom is -0.877 e. The molecule has 1 aromatic rings. The fourth-order valence-corrected chi connectivity index (χ4v) is 2.46. The van der Waals surface area contributed by atoms with Crippen molar-refractivity contribution in [2.75, 3.05) is 51.3 Å². The molecule has 0 atom stereocenters. The van der Waals surface area contributed by atoms with E-state index in [9.17, 15) is 5.11 Å². The third-order valence-electron chi connectivity index (χ3n) is 3.77. The topological polar surface area (TPSA) is 62.6 Å². The summed E-state index contributed by atoms with van der Waals surface area (Å²) in [6.07, 6.45) is 0.601. The van der Waals surface area contributed by atoms with Gasteiger partial charge in [0.25, 0.3) is 0 Å². The van der Waals surface area contributed by atoms with Gasteiger partial charge in [0, 0.05) is 51.1 Å². The van der Waals surface area contributed by atoms with E-state index in [0.717, 1.165) is 45.0 Å². The van der Waals surface area contributed by atoms with Crippen molar-refractivity contribution in [3.8, 4) is 6.07 Å². The molecule has 2 rings (SSSR count). The second-order valence-corrected chi connectivity index (χ2v) is 5.01. The van der Waals surface area contributed by atoms with Gasteiger partial charge in [-0.05, 0) is 17.7 Å². The zero-order chi connectivity index (χ0) is 15.1. The Morgan fingerprint density at radius 1 is 1.27 bits per heavy atom. The molecule has 1 aromatic carbocycles. The number of allylic oxidation sites excluding steroid dienone is 1. The molecule has 1 aliphatic heterocycles. The molecule has 0 bridgehead atoms. The standard InChI is InChI=1S/C16H21N3O2.Na/c1-21-11-10-18-6-8-19(9-7-18)16-4-2-14(3-5-16)15(12-17)13-20;/h2-5,13,20H,6-11H2,1H3;/q;+1/p-1/b15-13-;. The SMILES string of the molecule is COCCN1CCN(c2ccc(/C(C#N)=C\[O-])cc2)CC1.[Na+]. The van der Waals surface area contributed by atoms with Crippen LogP contribution in [0.5, 0.6) is 0 Å². The summed E-state index contributed by atoms with van der Waals surface area (Å²) in [5.41, 5.74) is 1.98. The molecule has 0 N–H and O–H groups in total. The van der Waals surface area contributed by atoms with Crippen molar-refractivity contribution >= 4 is 11.3 Å². The van der Waals surface area contributed by atoms with Gasteiger partial charge in [0.05, 0.1) is 12.7 Å². The van der Waals surface area contributed by atoms with Crippen LogP contribution in [-0.2, 0) is 4.74 Å². The molecule has 0 amide bonds. The van der Waals surface area contributed by atoms with Gasteiger partial charge in [-0.15, -0.1) is 6.26 Å². The van der Waals surface area contributed by atoms with E-state index >= 15 is 0 Å². The second kappa shape index (κ2) is 9.88. The minimum atomic E-state index is 0. The fourth-order valence-electron chi connectivity index (χ4n) is 2.46. The van der Waals surface area contributed by atoms with Gasteiger partial charge in [0.15, 0.2) is 0 Å². The number of ether oxygens (including phenoxy) is 1. The summed E-state index contributed by atoms with van der Waals surface area (Å²) in [4.78, 5) is 4.71. The summed E-state index contributed by atoms with van der Waals surface area (Å²) in [5.74, 6) is 0. The number of methoxy groups -OCH3 is 1. The van der Waals surface area contributed by atoms with E-state index in [1.165, 1.54) is 0 Å². The summed E-state index contributed by atoms with van der Waals surface area (Å²) in [7, 11) is 1.73. The Labute approximate surface area is 154 Å². The molecule has 0 aromatic heterocycles. The van der Waals surface area contributed by atoms with Gasteiger partial charge in [-0.2, -0.15) is 5.26 Å². The van der Waals surface area contributed by atoms with Crippen LogP contribution in [0.15, 0.2) is 30.5 Å². The first-order chi connectivity index (χ1) is 10.3. The monoisotopic (exact) mass is 309 g/mol. The Morgan fingerprint density at radius 2 is 1.91 bits per heavy atom. The van der Waals surface area contributed by atoms with E-state index in [2.05, 4.69) is 9.80 Å². The van der Waals surface area contributed by atoms with Gasteiger partial charge in [0.1, 0.15) is 0 Å². The molecule has 5 nitrogen and oxygen atoms in total. The first-order valence-corrected chi connectivity index (χ1v) is 7.07. The van der Waals surface area contributed by atoms with Crippen LogP contribution in [0, 0.1) is 11.3 Å². The number of benzene rings is 1. The van der Waals surface area contributed by atoms with Crippen LogP contribution >= 0.6 is 0 Å². The first kappa shape index (κ1) is 19.0. The molecule has 112 valence electrons. The van der Waals surface area contributed by atoms with Gasteiger partial charge in [-0.1, -0.05) is 12.1 Å². The Kier molecular flexibility index (Phi) is 8.54. The molecule has 0 spiro atoms. The van der Waals surface area contributed by atoms with Gasteiger partial charge < -0.3 is 14.7 Å². The average Bonchev–Trinajstić information content (AvgIpc) is 2.55. The van der Waals surface area contributed by atoms with Gasteiger partial charge in [0.2, 0.25) is 0 Å². The smallest absolute Gasteiger partial charge is 0.877 e. The average molecular weight is 309 g/mol. The number of hydrogen-bond acceptors (Lipinski definition) is 5. The van der Waals surface area contributed by atoms with Gasteiger partial charge in [-0.25, -0.2) is 0 Å². The molecule has 0 unspecified atom stereocenters. The number of nitrogens with zero attached hydrogens (tertiary/aromatic N) is 3. The van der Waals surface area contributed by atoms with Crippen molar-refractivity contribution in [1.29, 1.82) is 5.26 Å². The van der Waals surface area contributed by atoms with Crippen LogP contribution in [-0.4, -0.2) is 51.3 Å². The molecule has 0 saturated carbocycles. The zero-order valence-corrected chi connectivity index (χ0v) is 15.3. The zero-order valence-electron chi connectivity index (χ0n) is 13.3. The summed E-state index contributed by atoms with van der Waals surface area (Å²) in [6.45, 7) is 5.75. The van der Waals surface area contributed by atoms with E-state index in [4.69, 9.17) is 10.00 Å².